The van der Waals surface area contributed by atoms with Gasteiger partial charge in [0.25, 0.3) is 5.91 Å². The van der Waals surface area contributed by atoms with E-state index in [0.717, 1.165) is 35.7 Å². The van der Waals surface area contributed by atoms with E-state index in [1.165, 1.54) is 5.56 Å². The van der Waals surface area contributed by atoms with Crippen molar-refractivity contribution in [2.24, 2.45) is 0 Å². The number of carbonyl (C=O) groups excluding carboxylic acids is 3. The number of amides is 4. The molecule has 1 spiro atoms. The Labute approximate surface area is 158 Å². The zero-order valence-electron chi connectivity index (χ0n) is 14.8. The standard InChI is InChI=1S/C19H25N3O3S/c23-16(20-11-12-26-14-15-7-3-1-4-8-15)13-22-17(24)19(21-18(22)25)9-5-2-6-10-19/h1,3-4,7-8H,2,5-6,9-14H2,(H,20,23)(H,21,25). The molecule has 0 aromatic heterocycles. The topological polar surface area (TPSA) is 78.5 Å². The van der Waals surface area contributed by atoms with Gasteiger partial charge in [0, 0.05) is 18.1 Å². The molecular formula is C19H25N3O3S. The number of rotatable bonds is 7. The first kappa shape index (κ1) is 18.8. The summed E-state index contributed by atoms with van der Waals surface area (Å²) in [6.07, 6.45) is 4.30. The molecule has 6 nitrogen and oxygen atoms in total. The Balaban J connectivity index is 1.39. The minimum atomic E-state index is -0.763. The van der Waals surface area contributed by atoms with Gasteiger partial charge in [-0.05, 0) is 18.4 Å². The largest absolute Gasteiger partial charge is 0.354 e. The average Bonchev–Trinajstić information content (AvgIpc) is 2.87. The van der Waals surface area contributed by atoms with Gasteiger partial charge in [0.15, 0.2) is 0 Å². The van der Waals surface area contributed by atoms with Crippen molar-refractivity contribution in [1.29, 1.82) is 0 Å². The average molecular weight is 375 g/mol. The Morgan fingerprint density at radius 2 is 1.88 bits per heavy atom. The highest BCUT2D eigenvalue weighted by Crippen LogP contribution is 2.33. The number of hydrogen-bond acceptors (Lipinski definition) is 4. The summed E-state index contributed by atoms with van der Waals surface area (Å²) in [5, 5.41) is 5.62. The highest BCUT2D eigenvalue weighted by molar-refractivity contribution is 7.98. The minimum Gasteiger partial charge on any atom is -0.354 e. The lowest BCUT2D eigenvalue weighted by molar-refractivity contribution is -0.135. The molecule has 0 atom stereocenters. The van der Waals surface area contributed by atoms with Gasteiger partial charge in [0.05, 0.1) is 0 Å². The molecule has 0 radical (unpaired) electrons. The fourth-order valence-corrected chi connectivity index (χ4v) is 4.36. The molecule has 1 aliphatic carbocycles. The lowest BCUT2D eigenvalue weighted by atomic mass is 9.82. The number of nitrogens with zero attached hydrogens (tertiary/aromatic N) is 1. The summed E-state index contributed by atoms with van der Waals surface area (Å²) in [5.41, 5.74) is 0.488. The molecule has 1 saturated heterocycles. The third-order valence-corrected chi connectivity index (χ3v) is 5.97. The van der Waals surface area contributed by atoms with Crippen molar-refractivity contribution in [3.05, 3.63) is 35.9 Å². The second-order valence-electron chi connectivity index (χ2n) is 6.85. The molecule has 1 aromatic rings. The summed E-state index contributed by atoms with van der Waals surface area (Å²) in [6.45, 7) is 0.320. The van der Waals surface area contributed by atoms with Crippen LogP contribution in [0.3, 0.4) is 0 Å². The number of nitrogens with one attached hydrogen (secondary N) is 2. The van der Waals surface area contributed by atoms with Crippen LogP contribution in [0.1, 0.15) is 37.7 Å². The van der Waals surface area contributed by atoms with Crippen LogP contribution in [0.4, 0.5) is 4.79 Å². The Kier molecular flexibility index (Phi) is 6.19. The van der Waals surface area contributed by atoms with Crippen molar-refractivity contribution >= 4 is 29.6 Å². The van der Waals surface area contributed by atoms with Crippen LogP contribution in [0.25, 0.3) is 0 Å². The van der Waals surface area contributed by atoms with Gasteiger partial charge in [0.2, 0.25) is 5.91 Å². The molecule has 4 amide bonds. The first-order valence-electron chi connectivity index (χ1n) is 9.13. The lowest BCUT2D eigenvalue weighted by Gasteiger charge is -2.30. The number of urea groups is 1. The molecule has 1 aromatic carbocycles. The second-order valence-corrected chi connectivity index (χ2v) is 7.96. The van der Waals surface area contributed by atoms with E-state index in [-0.39, 0.29) is 18.4 Å². The molecule has 0 unspecified atom stereocenters. The van der Waals surface area contributed by atoms with Crippen LogP contribution in [0.2, 0.25) is 0 Å². The number of hydrogen-bond donors (Lipinski definition) is 2. The SMILES string of the molecule is O=C(CN1C(=O)NC2(CCCCC2)C1=O)NCCSCc1ccccc1. The van der Waals surface area contributed by atoms with Gasteiger partial charge < -0.3 is 10.6 Å². The van der Waals surface area contributed by atoms with E-state index < -0.39 is 11.6 Å². The van der Waals surface area contributed by atoms with Gasteiger partial charge in [-0.3, -0.25) is 14.5 Å². The molecule has 140 valence electrons. The summed E-state index contributed by atoms with van der Waals surface area (Å²) in [4.78, 5) is 37.9. The van der Waals surface area contributed by atoms with Crippen LogP contribution in [0.5, 0.6) is 0 Å². The third kappa shape index (κ3) is 4.38. The molecule has 0 bridgehead atoms. The van der Waals surface area contributed by atoms with Crippen molar-refractivity contribution in [2.45, 2.75) is 43.4 Å². The fraction of sp³-hybridized carbons (Fsp3) is 0.526. The molecule has 2 N–H and O–H groups in total. The Bertz CT molecular complexity index is 659. The Morgan fingerprint density at radius 1 is 1.15 bits per heavy atom. The summed E-state index contributed by atoms with van der Waals surface area (Å²) in [5.74, 6) is 1.15. The van der Waals surface area contributed by atoms with E-state index in [4.69, 9.17) is 0 Å². The maximum atomic E-state index is 12.6. The van der Waals surface area contributed by atoms with Crippen molar-refractivity contribution in [1.82, 2.24) is 15.5 Å². The van der Waals surface area contributed by atoms with Gasteiger partial charge in [-0.2, -0.15) is 11.8 Å². The zero-order chi connectivity index (χ0) is 18.4. The molecule has 7 heteroatoms. The molecule has 2 fully saturated rings. The lowest BCUT2D eigenvalue weighted by Crippen LogP contribution is -2.49. The smallest absolute Gasteiger partial charge is 0.325 e. The summed E-state index contributed by atoms with van der Waals surface area (Å²) < 4.78 is 0. The first-order valence-corrected chi connectivity index (χ1v) is 10.3. The predicted molar refractivity (Wildman–Crippen MR) is 102 cm³/mol. The van der Waals surface area contributed by atoms with E-state index >= 15 is 0 Å². The number of benzene rings is 1. The van der Waals surface area contributed by atoms with E-state index in [2.05, 4.69) is 22.8 Å². The molecule has 1 heterocycles. The molecule has 3 rings (SSSR count). The van der Waals surface area contributed by atoms with Crippen molar-refractivity contribution in [2.75, 3.05) is 18.8 Å². The maximum Gasteiger partial charge on any atom is 0.325 e. The normalized spacial score (nSPS) is 18.8. The molecule has 1 saturated carbocycles. The molecule has 1 aliphatic heterocycles. The zero-order valence-corrected chi connectivity index (χ0v) is 15.6. The van der Waals surface area contributed by atoms with Gasteiger partial charge in [-0.1, -0.05) is 49.6 Å². The highest BCUT2D eigenvalue weighted by Gasteiger charge is 2.51. The molecule has 2 aliphatic rings. The quantitative estimate of drug-likeness (QED) is 0.566. The third-order valence-electron chi connectivity index (χ3n) is 4.93. The minimum absolute atomic E-state index is 0.199. The van der Waals surface area contributed by atoms with Crippen molar-refractivity contribution < 1.29 is 14.4 Å². The first-order chi connectivity index (χ1) is 12.6. The second kappa shape index (κ2) is 8.58. The number of carbonyl (C=O) groups is 3. The summed E-state index contributed by atoms with van der Waals surface area (Å²) in [7, 11) is 0. The number of thioether (sulfide) groups is 1. The summed E-state index contributed by atoms with van der Waals surface area (Å²) >= 11 is 1.74. The van der Waals surface area contributed by atoms with Crippen LogP contribution >= 0.6 is 11.8 Å². The Hall–Kier alpha value is -2.02. The van der Waals surface area contributed by atoms with Gasteiger partial charge >= 0.3 is 6.03 Å². The molecule has 26 heavy (non-hydrogen) atoms. The van der Waals surface area contributed by atoms with Crippen LogP contribution in [0.15, 0.2) is 30.3 Å². The van der Waals surface area contributed by atoms with Crippen LogP contribution in [-0.4, -0.2) is 47.1 Å². The number of imide groups is 1. The monoisotopic (exact) mass is 375 g/mol. The van der Waals surface area contributed by atoms with Gasteiger partial charge in [-0.15, -0.1) is 0 Å². The highest BCUT2D eigenvalue weighted by atomic mass is 32.2. The predicted octanol–water partition coefficient (Wildman–Crippen LogP) is 2.29. The van der Waals surface area contributed by atoms with E-state index in [9.17, 15) is 14.4 Å². The summed E-state index contributed by atoms with van der Waals surface area (Å²) in [6, 6.07) is 9.71. The molecular weight excluding hydrogens is 350 g/mol. The van der Waals surface area contributed by atoms with E-state index in [1.807, 2.05) is 18.2 Å². The van der Waals surface area contributed by atoms with E-state index in [1.54, 1.807) is 11.8 Å². The van der Waals surface area contributed by atoms with E-state index in [0.29, 0.717) is 19.4 Å². The fourth-order valence-electron chi connectivity index (χ4n) is 3.54. The van der Waals surface area contributed by atoms with Gasteiger partial charge in [0.1, 0.15) is 12.1 Å². The van der Waals surface area contributed by atoms with Crippen LogP contribution < -0.4 is 10.6 Å². The maximum absolute atomic E-state index is 12.6. The van der Waals surface area contributed by atoms with Gasteiger partial charge in [-0.25, -0.2) is 4.79 Å². The van der Waals surface area contributed by atoms with Crippen LogP contribution in [-0.2, 0) is 15.3 Å². The van der Waals surface area contributed by atoms with Crippen LogP contribution in [0, 0.1) is 0 Å². The van der Waals surface area contributed by atoms with Crippen molar-refractivity contribution in [3.8, 4) is 0 Å². The Morgan fingerprint density at radius 3 is 2.62 bits per heavy atom. The van der Waals surface area contributed by atoms with Crippen molar-refractivity contribution in [3.63, 3.8) is 0 Å².